The lowest BCUT2D eigenvalue weighted by Gasteiger charge is -2.13. The standard InChI is InChI=1S/C11H18ClN3O/c1-7(2)16-10-5-8(3)13-11(15-10)14-9(4)6-12/h5,7,9H,6H2,1-4H3,(H,13,14,15). The van der Waals surface area contributed by atoms with E-state index in [1.165, 1.54) is 0 Å². The highest BCUT2D eigenvalue weighted by molar-refractivity contribution is 6.18. The van der Waals surface area contributed by atoms with E-state index in [2.05, 4.69) is 15.3 Å². The number of aromatic nitrogens is 2. The summed E-state index contributed by atoms with van der Waals surface area (Å²) in [6.45, 7) is 7.81. The van der Waals surface area contributed by atoms with E-state index >= 15 is 0 Å². The molecule has 5 heteroatoms. The van der Waals surface area contributed by atoms with Crippen molar-refractivity contribution in [3.63, 3.8) is 0 Å². The minimum Gasteiger partial charge on any atom is -0.475 e. The van der Waals surface area contributed by atoms with Gasteiger partial charge in [-0.25, -0.2) is 4.98 Å². The summed E-state index contributed by atoms with van der Waals surface area (Å²) < 4.78 is 5.53. The Morgan fingerprint density at radius 1 is 1.38 bits per heavy atom. The molecule has 1 rings (SSSR count). The SMILES string of the molecule is Cc1cc(OC(C)C)nc(NC(C)CCl)n1. The van der Waals surface area contributed by atoms with E-state index in [0.29, 0.717) is 17.7 Å². The zero-order valence-corrected chi connectivity index (χ0v) is 10.9. The number of ether oxygens (including phenoxy) is 1. The molecule has 1 aromatic heterocycles. The summed E-state index contributed by atoms with van der Waals surface area (Å²) in [5.41, 5.74) is 0.870. The van der Waals surface area contributed by atoms with Crippen LogP contribution < -0.4 is 10.1 Å². The Balaban J connectivity index is 2.81. The van der Waals surface area contributed by atoms with Crippen LogP contribution in [0.2, 0.25) is 0 Å². The lowest BCUT2D eigenvalue weighted by Crippen LogP contribution is -2.19. The fraction of sp³-hybridized carbons (Fsp3) is 0.636. The van der Waals surface area contributed by atoms with Crippen molar-refractivity contribution in [2.75, 3.05) is 11.2 Å². The third-order valence-electron chi connectivity index (χ3n) is 1.79. The fourth-order valence-electron chi connectivity index (χ4n) is 1.17. The average molecular weight is 244 g/mol. The lowest BCUT2D eigenvalue weighted by atomic mass is 10.4. The van der Waals surface area contributed by atoms with Crippen molar-refractivity contribution in [1.82, 2.24) is 9.97 Å². The van der Waals surface area contributed by atoms with Crippen LogP contribution in [0.4, 0.5) is 5.95 Å². The molecule has 0 spiro atoms. The maximum atomic E-state index is 5.72. The van der Waals surface area contributed by atoms with Crippen molar-refractivity contribution in [2.45, 2.75) is 39.8 Å². The third-order valence-corrected chi connectivity index (χ3v) is 2.26. The summed E-state index contributed by atoms with van der Waals surface area (Å²) in [4.78, 5) is 8.53. The number of aryl methyl sites for hydroxylation is 1. The van der Waals surface area contributed by atoms with Gasteiger partial charge in [0.2, 0.25) is 11.8 Å². The molecule has 0 radical (unpaired) electrons. The molecule has 0 aliphatic heterocycles. The van der Waals surface area contributed by atoms with Crippen molar-refractivity contribution in [2.24, 2.45) is 0 Å². The van der Waals surface area contributed by atoms with Crippen molar-refractivity contribution in [3.8, 4) is 5.88 Å². The van der Waals surface area contributed by atoms with Crippen LogP contribution in [-0.2, 0) is 0 Å². The summed E-state index contributed by atoms with van der Waals surface area (Å²) in [5, 5.41) is 3.11. The topological polar surface area (TPSA) is 47.0 Å². The molecule has 16 heavy (non-hydrogen) atoms. The highest BCUT2D eigenvalue weighted by Crippen LogP contribution is 2.14. The Bertz CT molecular complexity index is 344. The van der Waals surface area contributed by atoms with Crippen LogP contribution in [0, 0.1) is 6.92 Å². The van der Waals surface area contributed by atoms with Crippen molar-refractivity contribution in [1.29, 1.82) is 0 Å². The summed E-state index contributed by atoms with van der Waals surface area (Å²) in [7, 11) is 0. The quantitative estimate of drug-likeness (QED) is 0.808. The van der Waals surface area contributed by atoms with Gasteiger partial charge in [0.25, 0.3) is 0 Å². The molecule has 0 fully saturated rings. The van der Waals surface area contributed by atoms with E-state index in [4.69, 9.17) is 16.3 Å². The van der Waals surface area contributed by atoms with Crippen molar-refractivity contribution < 1.29 is 4.74 Å². The van der Waals surface area contributed by atoms with E-state index in [-0.39, 0.29) is 12.1 Å². The first kappa shape index (κ1) is 13.0. The van der Waals surface area contributed by atoms with E-state index in [9.17, 15) is 0 Å². The Morgan fingerprint density at radius 3 is 2.62 bits per heavy atom. The Morgan fingerprint density at radius 2 is 2.06 bits per heavy atom. The highest BCUT2D eigenvalue weighted by atomic mass is 35.5. The maximum absolute atomic E-state index is 5.72. The van der Waals surface area contributed by atoms with E-state index in [1.54, 1.807) is 0 Å². The Hall–Kier alpha value is -1.03. The molecule has 1 aromatic rings. The van der Waals surface area contributed by atoms with E-state index in [0.717, 1.165) is 5.69 Å². The molecule has 0 aliphatic carbocycles. The van der Waals surface area contributed by atoms with Crippen LogP contribution in [0.3, 0.4) is 0 Å². The molecular weight excluding hydrogens is 226 g/mol. The molecule has 1 heterocycles. The van der Waals surface area contributed by atoms with Gasteiger partial charge in [-0.05, 0) is 27.7 Å². The van der Waals surface area contributed by atoms with Crippen molar-refractivity contribution >= 4 is 17.5 Å². The minimum absolute atomic E-state index is 0.104. The van der Waals surface area contributed by atoms with E-state index in [1.807, 2.05) is 33.8 Å². The summed E-state index contributed by atoms with van der Waals surface area (Å²) in [6.07, 6.45) is 0.104. The van der Waals surface area contributed by atoms with Gasteiger partial charge >= 0.3 is 0 Å². The van der Waals surface area contributed by atoms with Crippen LogP contribution in [0.15, 0.2) is 6.07 Å². The molecular formula is C11H18ClN3O. The molecule has 0 aliphatic rings. The first-order valence-electron chi connectivity index (χ1n) is 5.36. The predicted molar refractivity (Wildman–Crippen MR) is 66.3 cm³/mol. The number of rotatable bonds is 5. The largest absolute Gasteiger partial charge is 0.475 e. The molecule has 90 valence electrons. The monoisotopic (exact) mass is 243 g/mol. The van der Waals surface area contributed by atoms with Crippen LogP contribution in [0.5, 0.6) is 5.88 Å². The molecule has 1 atom stereocenters. The number of alkyl halides is 1. The van der Waals surface area contributed by atoms with Gasteiger partial charge < -0.3 is 10.1 Å². The normalized spacial score (nSPS) is 12.6. The summed E-state index contributed by atoms with van der Waals surface area (Å²) in [5.74, 6) is 1.66. The Kier molecular flexibility index (Phi) is 4.80. The van der Waals surface area contributed by atoms with Gasteiger partial charge in [-0.15, -0.1) is 11.6 Å². The lowest BCUT2D eigenvalue weighted by molar-refractivity contribution is 0.232. The molecule has 0 saturated heterocycles. The zero-order valence-electron chi connectivity index (χ0n) is 10.1. The van der Waals surface area contributed by atoms with Crippen LogP contribution >= 0.6 is 11.6 Å². The second-order valence-corrected chi connectivity index (χ2v) is 4.35. The molecule has 4 nitrogen and oxygen atoms in total. The average Bonchev–Trinajstić information content (AvgIpc) is 2.15. The van der Waals surface area contributed by atoms with Crippen LogP contribution in [0.1, 0.15) is 26.5 Å². The van der Waals surface area contributed by atoms with Gasteiger partial charge in [-0.3, -0.25) is 0 Å². The second-order valence-electron chi connectivity index (χ2n) is 4.04. The number of hydrogen-bond donors (Lipinski definition) is 1. The number of hydrogen-bond acceptors (Lipinski definition) is 4. The number of halogens is 1. The second kappa shape index (κ2) is 5.89. The van der Waals surface area contributed by atoms with Crippen LogP contribution in [0.25, 0.3) is 0 Å². The summed E-state index contributed by atoms with van der Waals surface area (Å²) >= 11 is 5.72. The Labute approximate surface area is 101 Å². The molecule has 1 unspecified atom stereocenters. The van der Waals surface area contributed by atoms with Gasteiger partial charge in [0, 0.05) is 23.7 Å². The number of nitrogens with zero attached hydrogens (tertiary/aromatic N) is 2. The van der Waals surface area contributed by atoms with Gasteiger partial charge in [0.1, 0.15) is 0 Å². The maximum Gasteiger partial charge on any atom is 0.226 e. The number of nitrogens with one attached hydrogen (secondary N) is 1. The van der Waals surface area contributed by atoms with Crippen LogP contribution in [-0.4, -0.2) is 28.0 Å². The molecule has 0 aromatic carbocycles. The first-order valence-corrected chi connectivity index (χ1v) is 5.89. The fourth-order valence-corrected chi connectivity index (χ4v) is 1.24. The van der Waals surface area contributed by atoms with E-state index < -0.39 is 0 Å². The zero-order chi connectivity index (χ0) is 12.1. The highest BCUT2D eigenvalue weighted by Gasteiger charge is 2.07. The number of anilines is 1. The minimum atomic E-state index is 0.104. The molecule has 0 bridgehead atoms. The molecule has 0 saturated carbocycles. The van der Waals surface area contributed by atoms with Gasteiger partial charge in [-0.2, -0.15) is 4.98 Å². The van der Waals surface area contributed by atoms with Gasteiger partial charge in [0.15, 0.2) is 0 Å². The smallest absolute Gasteiger partial charge is 0.226 e. The van der Waals surface area contributed by atoms with Gasteiger partial charge in [0.05, 0.1) is 6.10 Å². The predicted octanol–water partition coefficient (Wildman–Crippen LogP) is 2.61. The first-order chi connectivity index (χ1) is 7.51. The third kappa shape index (κ3) is 4.23. The molecule has 1 N–H and O–H groups in total. The van der Waals surface area contributed by atoms with Crippen molar-refractivity contribution in [3.05, 3.63) is 11.8 Å². The summed E-state index contributed by atoms with van der Waals surface area (Å²) in [6, 6.07) is 1.95. The van der Waals surface area contributed by atoms with Gasteiger partial charge in [-0.1, -0.05) is 0 Å². The molecule has 0 amide bonds.